The maximum Gasteiger partial charge on any atom is 0.320 e. The number of nitrogens with zero attached hydrogens (tertiary/aromatic N) is 3. The van der Waals surface area contributed by atoms with Gasteiger partial charge >= 0.3 is 5.97 Å². The van der Waals surface area contributed by atoms with Crippen LogP contribution in [0.1, 0.15) is 17.4 Å². The van der Waals surface area contributed by atoms with Crippen molar-refractivity contribution in [3.8, 4) is 0 Å². The van der Waals surface area contributed by atoms with Gasteiger partial charge in [-0.05, 0) is 19.1 Å². The van der Waals surface area contributed by atoms with E-state index >= 15 is 0 Å². The van der Waals surface area contributed by atoms with Gasteiger partial charge in [0.05, 0.1) is 5.69 Å². The first-order valence-electron chi connectivity index (χ1n) is 6.47. The molecule has 1 unspecified atom stereocenters. The number of nitrogen functional groups attached to an aromatic ring is 1. The largest absolute Gasteiger partial charge is 0.480 e. The molecule has 0 aromatic carbocycles. The molecule has 0 aliphatic carbocycles. The second-order valence-electron chi connectivity index (χ2n) is 4.78. The highest BCUT2D eigenvalue weighted by Crippen LogP contribution is 2.13. The minimum Gasteiger partial charge on any atom is -0.480 e. The molecule has 1 fully saturated rings. The predicted molar refractivity (Wildman–Crippen MR) is 73.2 cm³/mol. The number of nitrogens with two attached hydrogens (primary N) is 1. The first-order chi connectivity index (χ1) is 9.50. The molecule has 0 spiro atoms. The Kier molecular flexibility index (Phi) is 4.19. The third-order valence-electron chi connectivity index (χ3n) is 3.55. The van der Waals surface area contributed by atoms with Crippen molar-refractivity contribution in [1.29, 1.82) is 0 Å². The lowest BCUT2D eigenvalue weighted by Gasteiger charge is -2.36. The number of hydrogen-bond acceptors (Lipinski definition) is 5. The molecular formula is C13H18N4O3. The van der Waals surface area contributed by atoms with Gasteiger partial charge in [0.2, 0.25) is 0 Å². The molecular weight excluding hydrogens is 260 g/mol. The number of carbonyl (C=O) groups is 2. The molecule has 0 saturated carbocycles. The average Bonchev–Trinajstić information content (AvgIpc) is 2.46. The van der Waals surface area contributed by atoms with Gasteiger partial charge in [0.25, 0.3) is 5.91 Å². The number of aliphatic carboxylic acids is 1. The van der Waals surface area contributed by atoms with Crippen LogP contribution in [0.15, 0.2) is 18.3 Å². The lowest BCUT2D eigenvalue weighted by Crippen LogP contribution is -2.53. The monoisotopic (exact) mass is 278 g/mol. The molecule has 1 atom stereocenters. The molecule has 1 amide bonds. The predicted octanol–water partition coefficient (Wildman–Crippen LogP) is -0.105. The molecule has 20 heavy (non-hydrogen) atoms. The van der Waals surface area contributed by atoms with Crippen LogP contribution >= 0.6 is 0 Å². The van der Waals surface area contributed by atoms with Crippen molar-refractivity contribution >= 4 is 17.6 Å². The highest BCUT2D eigenvalue weighted by Gasteiger charge is 2.28. The van der Waals surface area contributed by atoms with E-state index in [-0.39, 0.29) is 11.6 Å². The van der Waals surface area contributed by atoms with E-state index in [1.165, 1.54) is 6.20 Å². The maximum absolute atomic E-state index is 12.3. The topological polar surface area (TPSA) is 99.8 Å². The van der Waals surface area contributed by atoms with Crippen molar-refractivity contribution in [1.82, 2.24) is 14.8 Å². The van der Waals surface area contributed by atoms with Crippen LogP contribution in [-0.4, -0.2) is 64.0 Å². The molecule has 108 valence electrons. The molecule has 1 aromatic rings. The number of rotatable bonds is 3. The van der Waals surface area contributed by atoms with Crippen LogP contribution in [0.4, 0.5) is 5.69 Å². The van der Waals surface area contributed by atoms with Gasteiger partial charge in [-0.1, -0.05) is 0 Å². The van der Waals surface area contributed by atoms with Gasteiger partial charge in [0.1, 0.15) is 6.04 Å². The van der Waals surface area contributed by atoms with Gasteiger partial charge in [0, 0.05) is 32.4 Å². The number of carboxylic acids is 1. The zero-order valence-corrected chi connectivity index (χ0v) is 11.3. The highest BCUT2D eigenvalue weighted by molar-refractivity contribution is 5.97. The SMILES string of the molecule is CC(C(=O)O)N1CCN(C(=O)c2ncccc2N)CC1. The number of anilines is 1. The van der Waals surface area contributed by atoms with Gasteiger partial charge < -0.3 is 15.7 Å². The summed E-state index contributed by atoms with van der Waals surface area (Å²) >= 11 is 0. The van der Waals surface area contributed by atoms with Crippen LogP contribution < -0.4 is 5.73 Å². The van der Waals surface area contributed by atoms with Crippen LogP contribution in [0, 0.1) is 0 Å². The van der Waals surface area contributed by atoms with E-state index in [0.717, 1.165) is 0 Å². The summed E-state index contributed by atoms with van der Waals surface area (Å²) in [5, 5.41) is 8.97. The molecule has 7 nitrogen and oxygen atoms in total. The number of piperazine rings is 1. The second-order valence-corrected chi connectivity index (χ2v) is 4.78. The van der Waals surface area contributed by atoms with Crippen molar-refractivity contribution in [2.45, 2.75) is 13.0 Å². The number of amides is 1. The molecule has 1 saturated heterocycles. The summed E-state index contributed by atoms with van der Waals surface area (Å²) in [5.41, 5.74) is 6.36. The van der Waals surface area contributed by atoms with E-state index in [1.807, 2.05) is 4.90 Å². The summed E-state index contributed by atoms with van der Waals surface area (Å²) in [5.74, 6) is -1.05. The van der Waals surface area contributed by atoms with E-state index in [4.69, 9.17) is 10.8 Å². The van der Waals surface area contributed by atoms with Gasteiger partial charge in [-0.3, -0.25) is 14.5 Å². The van der Waals surface area contributed by atoms with Gasteiger partial charge in [0.15, 0.2) is 5.69 Å². The summed E-state index contributed by atoms with van der Waals surface area (Å²) < 4.78 is 0. The normalized spacial score (nSPS) is 17.8. The molecule has 1 aliphatic heterocycles. The van der Waals surface area contributed by atoms with E-state index in [0.29, 0.717) is 31.9 Å². The third-order valence-corrected chi connectivity index (χ3v) is 3.55. The number of aromatic nitrogens is 1. The maximum atomic E-state index is 12.3. The standard InChI is InChI=1S/C13H18N4O3/c1-9(13(19)20)16-5-7-17(8-6-16)12(18)11-10(14)3-2-4-15-11/h2-4,9H,5-8,14H2,1H3,(H,19,20). The fraction of sp³-hybridized carbons (Fsp3) is 0.462. The van der Waals surface area contributed by atoms with Crippen LogP contribution in [0.5, 0.6) is 0 Å². The lowest BCUT2D eigenvalue weighted by molar-refractivity contribution is -0.143. The fourth-order valence-electron chi connectivity index (χ4n) is 2.21. The Balaban J connectivity index is 1.99. The number of pyridine rings is 1. The van der Waals surface area contributed by atoms with Gasteiger partial charge in [-0.15, -0.1) is 0 Å². The van der Waals surface area contributed by atoms with Gasteiger partial charge in [-0.25, -0.2) is 4.98 Å². The van der Waals surface area contributed by atoms with Crippen molar-refractivity contribution < 1.29 is 14.7 Å². The zero-order valence-electron chi connectivity index (χ0n) is 11.3. The van der Waals surface area contributed by atoms with Crippen molar-refractivity contribution in [2.75, 3.05) is 31.9 Å². The van der Waals surface area contributed by atoms with E-state index < -0.39 is 12.0 Å². The fourth-order valence-corrected chi connectivity index (χ4v) is 2.21. The molecule has 2 rings (SSSR count). The summed E-state index contributed by atoms with van der Waals surface area (Å²) in [6.45, 7) is 3.67. The van der Waals surface area contributed by atoms with E-state index in [9.17, 15) is 9.59 Å². The molecule has 3 N–H and O–H groups in total. The van der Waals surface area contributed by atoms with E-state index in [2.05, 4.69) is 4.98 Å². The molecule has 1 aliphatic rings. The van der Waals surface area contributed by atoms with Crippen LogP contribution in [0.25, 0.3) is 0 Å². The summed E-state index contributed by atoms with van der Waals surface area (Å²) in [6, 6.07) is 2.79. The second kappa shape index (κ2) is 5.87. The number of carboxylic acid groups (broad SMARTS) is 1. The highest BCUT2D eigenvalue weighted by atomic mass is 16.4. The van der Waals surface area contributed by atoms with Crippen LogP contribution in [0.2, 0.25) is 0 Å². The quantitative estimate of drug-likeness (QED) is 0.800. The summed E-state index contributed by atoms with van der Waals surface area (Å²) in [6.07, 6.45) is 1.53. The minimum absolute atomic E-state index is 0.203. The van der Waals surface area contributed by atoms with Crippen LogP contribution in [-0.2, 0) is 4.79 Å². The molecule has 1 aromatic heterocycles. The number of hydrogen-bond donors (Lipinski definition) is 2. The smallest absolute Gasteiger partial charge is 0.320 e. The van der Waals surface area contributed by atoms with Crippen molar-refractivity contribution in [3.05, 3.63) is 24.0 Å². The number of carbonyl (C=O) groups excluding carboxylic acids is 1. The third kappa shape index (κ3) is 2.88. The Labute approximate surface area is 117 Å². The summed E-state index contributed by atoms with van der Waals surface area (Å²) in [7, 11) is 0. The van der Waals surface area contributed by atoms with Crippen LogP contribution in [0.3, 0.4) is 0 Å². The zero-order chi connectivity index (χ0) is 14.7. The average molecular weight is 278 g/mol. The first kappa shape index (κ1) is 14.3. The summed E-state index contributed by atoms with van der Waals surface area (Å²) in [4.78, 5) is 30.7. The molecule has 0 radical (unpaired) electrons. The Morgan fingerprint density at radius 3 is 2.55 bits per heavy atom. The van der Waals surface area contributed by atoms with Crippen molar-refractivity contribution in [2.24, 2.45) is 0 Å². The Bertz CT molecular complexity index is 512. The van der Waals surface area contributed by atoms with Gasteiger partial charge in [-0.2, -0.15) is 0 Å². The lowest BCUT2D eigenvalue weighted by atomic mass is 10.2. The van der Waals surface area contributed by atoms with Crippen molar-refractivity contribution in [3.63, 3.8) is 0 Å². The molecule has 0 bridgehead atoms. The Hall–Kier alpha value is -2.15. The van der Waals surface area contributed by atoms with E-state index in [1.54, 1.807) is 24.0 Å². The Morgan fingerprint density at radius 2 is 2.00 bits per heavy atom. The Morgan fingerprint density at radius 1 is 1.35 bits per heavy atom. The first-order valence-corrected chi connectivity index (χ1v) is 6.47. The minimum atomic E-state index is -0.848. The molecule has 7 heteroatoms. The molecule has 2 heterocycles.